The van der Waals surface area contributed by atoms with Crippen LogP contribution in [-0.2, 0) is 6.54 Å². The molecule has 13 heavy (non-hydrogen) atoms. The lowest BCUT2D eigenvalue weighted by molar-refractivity contribution is -0.0734. The molecule has 5 heteroatoms. The van der Waals surface area contributed by atoms with E-state index < -0.39 is 0 Å². The van der Waals surface area contributed by atoms with Gasteiger partial charge in [-0.1, -0.05) is 0 Å². The van der Waals surface area contributed by atoms with Gasteiger partial charge in [0.15, 0.2) is 0 Å². The molecule has 5 nitrogen and oxygen atoms in total. The Hall–Kier alpha value is -1.20. The summed E-state index contributed by atoms with van der Waals surface area (Å²) in [5.41, 5.74) is 1.69. The minimum absolute atomic E-state index is 0.349. The number of rotatable bonds is 3. The maximum atomic E-state index is 9.00. The predicted molar refractivity (Wildman–Crippen MR) is 46.6 cm³/mol. The zero-order chi connectivity index (χ0) is 9.84. The molecule has 0 amide bonds. The predicted octanol–water partition coefficient (Wildman–Crippen LogP) is 0.615. The summed E-state index contributed by atoms with van der Waals surface area (Å²) in [6.45, 7) is 2.26. The summed E-state index contributed by atoms with van der Waals surface area (Å²) in [6.07, 6.45) is 1.65. The van der Waals surface area contributed by atoms with Crippen molar-refractivity contribution >= 4 is 0 Å². The van der Waals surface area contributed by atoms with Crippen molar-refractivity contribution in [3.8, 4) is 6.01 Å². The van der Waals surface area contributed by atoms with Crippen molar-refractivity contribution in [1.82, 2.24) is 15.0 Å². The Morgan fingerprint density at radius 3 is 2.77 bits per heavy atom. The van der Waals surface area contributed by atoms with Crippen LogP contribution in [0.3, 0.4) is 0 Å². The molecule has 0 radical (unpaired) electrons. The van der Waals surface area contributed by atoms with Crippen LogP contribution in [0, 0.1) is 6.92 Å². The number of aryl methyl sites for hydroxylation is 1. The van der Waals surface area contributed by atoms with Crippen molar-refractivity contribution in [3.63, 3.8) is 0 Å². The van der Waals surface area contributed by atoms with Gasteiger partial charge in [-0.05, 0) is 6.92 Å². The Morgan fingerprint density at radius 1 is 1.62 bits per heavy atom. The first-order valence-electron chi connectivity index (χ1n) is 3.90. The number of ether oxygens (including phenoxy) is 1. The fourth-order valence-corrected chi connectivity index (χ4v) is 0.971. The minimum atomic E-state index is 0.349. The molecule has 0 unspecified atom stereocenters. The molecule has 0 aliphatic heterocycles. The van der Waals surface area contributed by atoms with Gasteiger partial charge in [-0.25, -0.2) is 9.97 Å². The topological polar surface area (TPSA) is 58.5 Å². The maximum absolute atomic E-state index is 9.00. The average Bonchev–Trinajstić information content (AvgIpc) is 2.08. The summed E-state index contributed by atoms with van der Waals surface area (Å²) < 4.78 is 4.86. The Bertz CT molecular complexity index is 289. The molecule has 0 aromatic carbocycles. The molecule has 1 N–H and O–H groups in total. The quantitative estimate of drug-likeness (QED) is 0.696. The molecule has 1 aromatic rings. The van der Waals surface area contributed by atoms with E-state index in [0.717, 1.165) is 16.3 Å². The van der Waals surface area contributed by atoms with Gasteiger partial charge in [0.25, 0.3) is 0 Å². The van der Waals surface area contributed by atoms with Crippen LogP contribution in [0.5, 0.6) is 6.01 Å². The van der Waals surface area contributed by atoms with Gasteiger partial charge in [0.1, 0.15) is 0 Å². The van der Waals surface area contributed by atoms with E-state index in [1.807, 2.05) is 6.92 Å². The third-order valence-electron chi connectivity index (χ3n) is 1.64. The molecule has 0 aliphatic carbocycles. The fraction of sp³-hybridized carbons (Fsp3) is 0.500. The van der Waals surface area contributed by atoms with Crippen LogP contribution in [0.4, 0.5) is 0 Å². The van der Waals surface area contributed by atoms with Crippen LogP contribution in [0.2, 0.25) is 0 Å². The normalized spacial score (nSPS) is 10.5. The zero-order valence-electron chi connectivity index (χ0n) is 7.98. The summed E-state index contributed by atoms with van der Waals surface area (Å²) in [5, 5.41) is 10.1. The van der Waals surface area contributed by atoms with E-state index in [2.05, 4.69) is 9.97 Å². The molecular weight excluding hydrogens is 170 g/mol. The Kier molecular flexibility index (Phi) is 3.16. The number of hydrogen-bond donors (Lipinski definition) is 1. The second-order valence-electron chi connectivity index (χ2n) is 2.78. The van der Waals surface area contributed by atoms with Gasteiger partial charge >= 0.3 is 6.01 Å². The number of methoxy groups -OCH3 is 1. The van der Waals surface area contributed by atoms with E-state index in [0.29, 0.717) is 12.6 Å². The standard InChI is InChI=1S/C8H13N3O2/c1-6-7(5-11(2)12)4-9-8(10-6)13-3/h4,12H,5H2,1-3H3. The highest BCUT2D eigenvalue weighted by molar-refractivity contribution is 5.17. The number of nitrogens with zero attached hydrogens (tertiary/aromatic N) is 3. The van der Waals surface area contributed by atoms with E-state index in [-0.39, 0.29) is 0 Å². The molecule has 0 aliphatic rings. The van der Waals surface area contributed by atoms with Crippen molar-refractivity contribution in [2.45, 2.75) is 13.5 Å². The third kappa shape index (κ3) is 2.64. The summed E-state index contributed by atoms with van der Waals surface area (Å²) in [5.74, 6) is 0. The van der Waals surface area contributed by atoms with Crippen LogP contribution in [-0.4, -0.2) is 34.4 Å². The summed E-state index contributed by atoms with van der Waals surface area (Å²) in [4.78, 5) is 8.01. The number of hydroxylamine groups is 2. The van der Waals surface area contributed by atoms with E-state index in [4.69, 9.17) is 9.94 Å². The van der Waals surface area contributed by atoms with Crippen LogP contribution < -0.4 is 4.74 Å². The third-order valence-corrected chi connectivity index (χ3v) is 1.64. The van der Waals surface area contributed by atoms with Gasteiger partial charge < -0.3 is 9.94 Å². The van der Waals surface area contributed by atoms with Crippen molar-refractivity contribution in [1.29, 1.82) is 0 Å². The van der Waals surface area contributed by atoms with E-state index in [1.165, 1.54) is 7.11 Å². The molecule has 0 saturated heterocycles. The molecule has 0 fully saturated rings. The zero-order valence-corrected chi connectivity index (χ0v) is 7.98. The van der Waals surface area contributed by atoms with Crippen LogP contribution in [0.25, 0.3) is 0 Å². The molecule has 1 heterocycles. The highest BCUT2D eigenvalue weighted by Gasteiger charge is 2.04. The van der Waals surface area contributed by atoms with Gasteiger partial charge in [-0.3, -0.25) is 0 Å². The summed E-state index contributed by atoms with van der Waals surface area (Å²) >= 11 is 0. The van der Waals surface area contributed by atoms with Gasteiger partial charge in [0.2, 0.25) is 0 Å². The Balaban J connectivity index is 2.85. The first-order chi connectivity index (χ1) is 6.13. The van der Waals surface area contributed by atoms with Gasteiger partial charge in [0.05, 0.1) is 13.7 Å². The Labute approximate surface area is 77.0 Å². The second-order valence-corrected chi connectivity index (χ2v) is 2.78. The molecule has 0 atom stereocenters. The summed E-state index contributed by atoms with van der Waals surface area (Å²) in [6, 6.07) is 0.349. The molecule has 0 saturated carbocycles. The molecular formula is C8H13N3O2. The second kappa shape index (κ2) is 4.15. The lowest BCUT2D eigenvalue weighted by Crippen LogP contribution is -2.13. The first kappa shape index (κ1) is 9.88. The molecule has 1 aromatic heterocycles. The monoisotopic (exact) mass is 183 g/mol. The van der Waals surface area contributed by atoms with E-state index in [9.17, 15) is 0 Å². The minimum Gasteiger partial charge on any atom is -0.467 e. The van der Waals surface area contributed by atoms with Crippen LogP contribution in [0.1, 0.15) is 11.3 Å². The smallest absolute Gasteiger partial charge is 0.316 e. The highest BCUT2D eigenvalue weighted by Crippen LogP contribution is 2.09. The molecule has 0 spiro atoms. The van der Waals surface area contributed by atoms with Crippen LogP contribution in [0.15, 0.2) is 6.20 Å². The van der Waals surface area contributed by atoms with Gasteiger partial charge in [-0.15, -0.1) is 0 Å². The van der Waals surface area contributed by atoms with Crippen molar-refractivity contribution < 1.29 is 9.94 Å². The van der Waals surface area contributed by atoms with E-state index >= 15 is 0 Å². The maximum Gasteiger partial charge on any atom is 0.316 e. The number of aromatic nitrogens is 2. The molecule has 1 rings (SSSR count). The first-order valence-corrected chi connectivity index (χ1v) is 3.90. The number of hydrogen-bond acceptors (Lipinski definition) is 5. The van der Waals surface area contributed by atoms with Crippen molar-refractivity contribution in [2.75, 3.05) is 14.2 Å². The largest absolute Gasteiger partial charge is 0.467 e. The van der Waals surface area contributed by atoms with E-state index in [1.54, 1.807) is 13.2 Å². The molecule has 0 bridgehead atoms. The Morgan fingerprint density at radius 2 is 2.31 bits per heavy atom. The lowest BCUT2D eigenvalue weighted by Gasteiger charge is -2.09. The summed E-state index contributed by atoms with van der Waals surface area (Å²) in [7, 11) is 3.09. The SMILES string of the molecule is COc1ncc(CN(C)O)c(C)n1. The average molecular weight is 183 g/mol. The lowest BCUT2D eigenvalue weighted by atomic mass is 10.2. The highest BCUT2D eigenvalue weighted by atomic mass is 16.5. The van der Waals surface area contributed by atoms with Crippen molar-refractivity contribution in [2.24, 2.45) is 0 Å². The molecule has 72 valence electrons. The fourth-order valence-electron chi connectivity index (χ4n) is 0.971. The van der Waals surface area contributed by atoms with Gasteiger partial charge in [-0.2, -0.15) is 5.06 Å². The van der Waals surface area contributed by atoms with Crippen LogP contribution >= 0.6 is 0 Å². The van der Waals surface area contributed by atoms with Gasteiger partial charge in [0, 0.05) is 24.5 Å². The van der Waals surface area contributed by atoms with Crippen molar-refractivity contribution in [3.05, 3.63) is 17.5 Å².